The van der Waals surface area contributed by atoms with E-state index in [0.29, 0.717) is 17.9 Å². The Bertz CT molecular complexity index is 947. The van der Waals surface area contributed by atoms with E-state index in [1.54, 1.807) is 19.1 Å². The van der Waals surface area contributed by atoms with Gasteiger partial charge in [0.2, 0.25) is 0 Å². The summed E-state index contributed by atoms with van der Waals surface area (Å²) >= 11 is 0. The van der Waals surface area contributed by atoms with Gasteiger partial charge in [-0.2, -0.15) is 0 Å². The van der Waals surface area contributed by atoms with E-state index in [1.807, 2.05) is 37.3 Å². The summed E-state index contributed by atoms with van der Waals surface area (Å²) in [6.45, 7) is 8.17. The quantitative estimate of drug-likeness (QED) is 0.620. The number of carbonyl (C=O) groups is 1. The van der Waals surface area contributed by atoms with Gasteiger partial charge in [0.05, 0.1) is 17.7 Å². The first-order chi connectivity index (χ1) is 12.0. The first kappa shape index (κ1) is 17.0. The molecule has 0 aliphatic rings. The van der Waals surface area contributed by atoms with E-state index in [0.717, 1.165) is 22.3 Å². The zero-order chi connectivity index (χ0) is 18.0. The van der Waals surface area contributed by atoms with Gasteiger partial charge in [-0.05, 0) is 69.2 Å². The molecule has 3 aromatic rings. The molecule has 4 nitrogen and oxygen atoms in total. The molecule has 0 fully saturated rings. The summed E-state index contributed by atoms with van der Waals surface area (Å²) in [7, 11) is 0. The predicted octanol–water partition coefficient (Wildman–Crippen LogP) is 5.13. The smallest absolute Gasteiger partial charge is 0.338 e. The Labute approximate surface area is 147 Å². The van der Waals surface area contributed by atoms with Gasteiger partial charge in [0.1, 0.15) is 11.5 Å². The molecule has 0 radical (unpaired) electrons. The second-order valence-corrected chi connectivity index (χ2v) is 6.06. The molecule has 4 heteroatoms. The van der Waals surface area contributed by atoms with Crippen LogP contribution >= 0.6 is 0 Å². The molecule has 0 saturated heterocycles. The summed E-state index contributed by atoms with van der Waals surface area (Å²) in [5, 5.41) is 0.786. The second-order valence-electron chi connectivity index (χ2n) is 6.06. The zero-order valence-electron chi connectivity index (χ0n) is 14.9. The van der Waals surface area contributed by atoms with Crippen molar-refractivity contribution < 1.29 is 14.3 Å². The fourth-order valence-corrected chi connectivity index (χ4v) is 2.65. The fourth-order valence-electron chi connectivity index (χ4n) is 2.65. The summed E-state index contributed by atoms with van der Waals surface area (Å²) < 4.78 is 11.2. The van der Waals surface area contributed by atoms with Crippen molar-refractivity contribution in [2.75, 3.05) is 6.61 Å². The van der Waals surface area contributed by atoms with E-state index in [1.165, 1.54) is 11.1 Å². The van der Waals surface area contributed by atoms with Crippen LogP contribution in [0.2, 0.25) is 0 Å². The summed E-state index contributed by atoms with van der Waals surface area (Å²) in [4.78, 5) is 16.5. The molecular formula is C21H21NO3. The molecule has 0 aliphatic heterocycles. The van der Waals surface area contributed by atoms with Gasteiger partial charge in [-0.1, -0.05) is 6.07 Å². The fraction of sp³-hybridized carbons (Fsp3) is 0.238. The second kappa shape index (κ2) is 6.93. The van der Waals surface area contributed by atoms with Crippen molar-refractivity contribution in [3.63, 3.8) is 0 Å². The molecule has 0 atom stereocenters. The number of aromatic nitrogens is 1. The zero-order valence-corrected chi connectivity index (χ0v) is 14.9. The van der Waals surface area contributed by atoms with E-state index in [-0.39, 0.29) is 5.97 Å². The molecule has 128 valence electrons. The van der Waals surface area contributed by atoms with Crippen molar-refractivity contribution in [2.24, 2.45) is 0 Å². The lowest BCUT2D eigenvalue weighted by atomic mass is 10.1. The lowest BCUT2D eigenvalue weighted by Gasteiger charge is -2.12. The molecule has 3 rings (SSSR count). The minimum atomic E-state index is -0.345. The highest BCUT2D eigenvalue weighted by Crippen LogP contribution is 2.31. The highest BCUT2D eigenvalue weighted by atomic mass is 16.5. The maximum atomic E-state index is 12.0. The average molecular weight is 335 g/mol. The van der Waals surface area contributed by atoms with Crippen molar-refractivity contribution in [1.29, 1.82) is 0 Å². The van der Waals surface area contributed by atoms with E-state index in [4.69, 9.17) is 9.47 Å². The van der Waals surface area contributed by atoms with Gasteiger partial charge in [-0.25, -0.2) is 4.79 Å². The van der Waals surface area contributed by atoms with Crippen LogP contribution in [0.25, 0.3) is 10.9 Å². The van der Waals surface area contributed by atoms with E-state index in [9.17, 15) is 4.79 Å². The van der Waals surface area contributed by atoms with Crippen LogP contribution < -0.4 is 4.74 Å². The monoisotopic (exact) mass is 335 g/mol. The Morgan fingerprint density at radius 1 is 1.00 bits per heavy atom. The van der Waals surface area contributed by atoms with Gasteiger partial charge in [-0.3, -0.25) is 4.98 Å². The Balaban J connectivity index is 2.07. The van der Waals surface area contributed by atoms with Crippen LogP contribution in [0.4, 0.5) is 0 Å². The standard InChI is InChI=1S/C21H21NO3/c1-5-24-21(23)16-7-9-19-18(12-16)20(11-15(4)22-19)25-17-8-6-13(2)14(3)10-17/h6-12H,5H2,1-4H3. The topological polar surface area (TPSA) is 48.4 Å². The summed E-state index contributed by atoms with van der Waals surface area (Å²) in [6, 6.07) is 13.2. The van der Waals surface area contributed by atoms with Gasteiger partial charge in [-0.15, -0.1) is 0 Å². The number of hydrogen-bond acceptors (Lipinski definition) is 4. The minimum absolute atomic E-state index is 0.342. The maximum Gasteiger partial charge on any atom is 0.338 e. The maximum absolute atomic E-state index is 12.0. The summed E-state index contributed by atoms with van der Waals surface area (Å²) in [5.74, 6) is 1.09. The van der Waals surface area contributed by atoms with Crippen molar-refractivity contribution in [2.45, 2.75) is 27.7 Å². The SMILES string of the molecule is CCOC(=O)c1ccc2nc(C)cc(Oc3ccc(C)c(C)c3)c2c1. The third-order valence-corrected chi connectivity index (χ3v) is 4.12. The van der Waals surface area contributed by atoms with Gasteiger partial charge in [0.25, 0.3) is 0 Å². The van der Waals surface area contributed by atoms with Crippen LogP contribution in [-0.4, -0.2) is 17.6 Å². The Hall–Kier alpha value is -2.88. The third kappa shape index (κ3) is 3.63. The lowest BCUT2D eigenvalue weighted by Crippen LogP contribution is -2.04. The van der Waals surface area contributed by atoms with Crippen molar-refractivity contribution >= 4 is 16.9 Å². The molecule has 1 heterocycles. The summed E-state index contributed by atoms with van der Waals surface area (Å²) in [6.07, 6.45) is 0. The van der Waals surface area contributed by atoms with E-state index < -0.39 is 0 Å². The summed E-state index contributed by atoms with van der Waals surface area (Å²) in [5.41, 5.74) is 4.51. The number of aryl methyl sites for hydroxylation is 3. The van der Waals surface area contributed by atoms with Crippen molar-refractivity contribution in [1.82, 2.24) is 4.98 Å². The number of esters is 1. The lowest BCUT2D eigenvalue weighted by molar-refractivity contribution is 0.0526. The number of ether oxygens (including phenoxy) is 2. The minimum Gasteiger partial charge on any atom is -0.462 e. The molecule has 2 aromatic carbocycles. The van der Waals surface area contributed by atoms with Crippen molar-refractivity contribution in [3.8, 4) is 11.5 Å². The number of rotatable bonds is 4. The van der Waals surface area contributed by atoms with Crippen LogP contribution in [0.3, 0.4) is 0 Å². The molecule has 0 saturated carbocycles. The average Bonchev–Trinajstić information content (AvgIpc) is 2.58. The number of nitrogens with zero attached hydrogens (tertiary/aromatic N) is 1. The Morgan fingerprint density at radius 3 is 2.52 bits per heavy atom. The van der Waals surface area contributed by atoms with Gasteiger partial charge >= 0.3 is 5.97 Å². The first-order valence-electron chi connectivity index (χ1n) is 8.31. The Kier molecular flexibility index (Phi) is 4.70. The number of hydrogen-bond donors (Lipinski definition) is 0. The van der Waals surface area contributed by atoms with Gasteiger partial charge in [0.15, 0.2) is 0 Å². The van der Waals surface area contributed by atoms with Gasteiger partial charge in [0, 0.05) is 17.1 Å². The molecule has 1 aromatic heterocycles. The Morgan fingerprint density at radius 2 is 1.80 bits per heavy atom. The molecule has 0 spiro atoms. The van der Waals surface area contributed by atoms with Crippen LogP contribution in [0.1, 0.15) is 34.1 Å². The highest BCUT2D eigenvalue weighted by molar-refractivity contribution is 5.96. The number of benzene rings is 2. The largest absolute Gasteiger partial charge is 0.462 e. The van der Waals surface area contributed by atoms with Crippen LogP contribution in [0, 0.1) is 20.8 Å². The van der Waals surface area contributed by atoms with Gasteiger partial charge < -0.3 is 9.47 Å². The molecule has 0 aliphatic carbocycles. The van der Waals surface area contributed by atoms with Crippen LogP contribution in [0.15, 0.2) is 42.5 Å². The number of carbonyl (C=O) groups excluding carboxylic acids is 1. The number of pyridine rings is 1. The van der Waals surface area contributed by atoms with E-state index >= 15 is 0 Å². The third-order valence-electron chi connectivity index (χ3n) is 4.12. The normalized spacial score (nSPS) is 10.7. The molecule has 0 amide bonds. The molecular weight excluding hydrogens is 314 g/mol. The van der Waals surface area contributed by atoms with E-state index in [2.05, 4.69) is 18.8 Å². The molecule has 0 N–H and O–H groups in total. The number of fused-ring (bicyclic) bond motifs is 1. The highest BCUT2D eigenvalue weighted by Gasteiger charge is 2.12. The molecule has 0 unspecified atom stereocenters. The molecule has 0 bridgehead atoms. The predicted molar refractivity (Wildman–Crippen MR) is 98.4 cm³/mol. The van der Waals surface area contributed by atoms with Crippen LogP contribution in [-0.2, 0) is 4.74 Å². The van der Waals surface area contributed by atoms with Crippen molar-refractivity contribution in [3.05, 3.63) is 64.8 Å². The first-order valence-corrected chi connectivity index (χ1v) is 8.31. The molecule has 25 heavy (non-hydrogen) atoms. The van der Waals surface area contributed by atoms with Crippen LogP contribution in [0.5, 0.6) is 11.5 Å².